The summed E-state index contributed by atoms with van der Waals surface area (Å²) in [7, 11) is -3.78. The van der Waals surface area contributed by atoms with Crippen molar-refractivity contribution in [1.82, 2.24) is 4.72 Å². The molecule has 0 bridgehead atoms. The molecule has 0 aromatic heterocycles. The summed E-state index contributed by atoms with van der Waals surface area (Å²) in [5.41, 5.74) is -0.565. The van der Waals surface area contributed by atoms with E-state index >= 15 is 0 Å². The van der Waals surface area contributed by atoms with Gasteiger partial charge in [0.05, 0.1) is 10.5 Å². The van der Waals surface area contributed by atoms with Gasteiger partial charge >= 0.3 is 0 Å². The molecule has 2 N–H and O–H groups in total. The van der Waals surface area contributed by atoms with Crippen LogP contribution in [0.5, 0.6) is 0 Å². The van der Waals surface area contributed by atoms with Crippen molar-refractivity contribution in [2.75, 3.05) is 6.54 Å². The van der Waals surface area contributed by atoms with Gasteiger partial charge in [-0.3, -0.25) is 0 Å². The summed E-state index contributed by atoms with van der Waals surface area (Å²) in [6.07, 6.45) is 2.99. The van der Waals surface area contributed by atoms with E-state index in [0.717, 1.165) is 18.9 Å². The van der Waals surface area contributed by atoms with E-state index in [1.807, 2.05) is 0 Å². The standard InChI is InChI=1S/C13H18FNO3S/c1-10-4-5-11(8-12(10)14)19(17,18)15-9-13(16)6-2-3-7-13/h4-5,8,15-16H,2-3,6-7,9H2,1H3. The number of aliphatic hydroxyl groups is 1. The molecule has 0 heterocycles. The molecular weight excluding hydrogens is 269 g/mol. The fourth-order valence-electron chi connectivity index (χ4n) is 2.26. The summed E-state index contributed by atoms with van der Waals surface area (Å²) < 4.78 is 39.8. The second kappa shape index (κ2) is 5.19. The van der Waals surface area contributed by atoms with Gasteiger partial charge in [-0.15, -0.1) is 0 Å². The molecule has 0 atom stereocenters. The lowest BCUT2D eigenvalue weighted by Gasteiger charge is -2.22. The second-order valence-corrected chi connectivity index (χ2v) is 6.93. The molecule has 1 saturated carbocycles. The molecule has 1 aliphatic rings. The fourth-order valence-corrected chi connectivity index (χ4v) is 3.39. The van der Waals surface area contributed by atoms with Crippen LogP contribution < -0.4 is 4.72 Å². The summed E-state index contributed by atoms with van der Waals surface area (Å²) in [4.78, 5) is -0.114. The number of hydrogen-bond donors (Lipinski definition) is 2. The molecule has 0 saturated heterocycles. The van der Waals surface area contributed by atoms with Crippen LogP contribution in [0.4, 0.5) is 4.39 Å². The average molecular weight is 287 g/mol. The van der Waals surface area contributed by atoms with Crippen molar-refractivity contribution < 1.29 is 17.9 Å². The number of nitrogens with one attached hydrogen (secondary N) is 1. The zero-order valence-electron chi connectivity index (χ0n) is 10.8. The predicted octanol–water partition coefficient (Wildman–Crippen LogP) is 1.72. The van der Waals surface area contributed by atoms with E-state index in [2.05, 4.69) is 4.72 Å². The molecule has 1 aliphatic carbocycles. The van der Waals surface area contributed by atoms with Gasteiger partial charge in [0.2, 0.25) is 10.0 Å². The van der Waals surface area contributed by atoms with Crippen molar-refractivity contribution in [3.8, 4) is 0 Å². The van der Waals surface area contributed by atoms with Crippen LogP contribution in [0, 0.1) is 12.7 Å². The van der Waals surface area contributed by atoms with Gasteiger partial charge in [0, 0.05) is 6.54 Å². The van der Waals surface area contributed by atoms with Gasteiger partial charge in [-0.25, -0.2) is 17.5 Å². The first kappa shape index (κ1) is 14.4. The minimum absolute atomic E-state index is 0.0230. The van der Waals surface area contributed by atoms with E-state index in [4.69, 9.17) is 0 Å². The molecule has 0 radical (unpaired) electrons. The molecule has 4 nitrogen and oxygen atoms in total. The van der Waals surface area contributed by atoms with Crippen LogP contribution in [0.25, 0.3) is 0 Å². The van der Waals surface area contributed by atoms with E-state index < -0.39 is 21.4 Å². The molecule has 1 aromatic rings. The monoisotopic (exact) mass is 287 g/mol. The molecule has 0 aliphatic heterocycles. The maximum Gasteiger partial charge on any atom is 0.240 e. The lowest BCUT2D eigenvalue weighted by molar-refractivity contribution is 0.0532. The highest BCUT2D eigenvalue weighted by molar-refractivity contribution is 7.89. The molecule has 106 valence electrons. The molecule has 1 fully saturated rings. The highest BCUT2D eigenvalue weighted by Gasteiger charge is 2.32. The van der Waals surface area contributed by atoms with Gasteiger partial charge in [-0.1, -0.05) is 18.9 Å². The molecule has 6 heteroatoms. The maximum absolute atomic E-state index is 13.4. The lowest BCUT2D eigenvalue weighted by atomic mass is 10.0. The van der Waals surface area contributed by atoms with Crippen LogP contribution in [0.1, 0.15) is 31.2 Å². The van der Waals surface area contributed by atoms with E-state index in [1.54, 1.807) is 6.92 Å². The van der Waals surface area contributed by atoms with Crippen molar-refractivity contribution in [2.45, 2.75) is 43.1 Å². The first-order valence-corrected chi connectivity index (χ1v) is 7.79. The van der Waals surface area contributed by atoms with E-state index in [0.29, 0.717) is 18.4 Å². The molecular formula is C13H18FNO3S. The average Bonchev–Trinajstić information content (AvgIpc) is 2.78. The third kappa shape index (κ3) is 3.32. The maximum atomic E-state index is 13.4. The Morgan fingerprint density at radius 2 is 2.00 bits per heavy atom. The molecule has 0 amide bonds. The van der Waals surface area contributed by atoms with Crippen molar-refractivity contribution in [3.05, 3.63) is 29.6 Å². The van der Waals surface area contributed by atoms with Crippen LogP contribution in [0.15, 0.2) is 23.1 Å². The van der Waals surface area contributed by atoms with Crippen molar-refractivity contribution >= 4 is 10.0 Å². The Bertz CT molecular complexity index is 565. The first-order chi connectivity index (χ1) is 8.82. The highest BCUT2D eigenvalue weighted by Crippen LogP contribution is 2.29. The Morgan fingerprint density at radius 3 is 2.58 bits per heavy atom. The number of hydrogen-bond acceptors (Lipinski definition) is 3. The topological polar surface area (TPSA) is 66.4 Å². The Kier molecular flexibility index (Phi) is 3.94. The van der Waals surface area contributed by atoms with Gasteiger partial charge in [-0.2, -0.15) is 0 Å². The molecule has 19 heavy (non-hydrogen) atoms. The Morgan fingerprint density at radius 1 is 1.37 bits per heavy atom. The molecule has 2 rings (SSSR count). The van der Waals surface area contributed by atoms with Gasteiger partial charge < -0.3 is 5.11 Å². The van der Waals surface area contributed by atoms with Crippen LogP contribution in [-0.4, -0.2) is 25.7 Å². The van der Waals surface area contributed by atoms with Crippen LogP contribution in [0.2, 0.25) is 0 Å². The SMILES string of the molecule is Cc1ccc(S(=O)(=O)NCC2(O)CCCC2)cc1F. The normalized spacial score (nSPS) is 18.7. The number of sulfonamides is 1. The smallest absolute Gasteiger partial charge is 0.240 e. The second-order valence-electron chi connectivity index (χ2n) is 5.17. The molecule has 1 aromatic carbocycles. The Balaban J connectivity index is 2.11. The number of benzene rings is 1. The van der Waals surface area contributed by atoms with Gasteiger partial charge in [0.15, 0.2) is 0 Å². The zero-order chi connectivity index (χ0) is 14.1. The molecule has 0 spiro atoms. The van der Waals surface area contributed by atoms with Crippen LogP contribution >= 0.6 is 0 Å². The summed E-state index contributed by atoms with van der Waals surface area (Å²) >= 11 is 0. The quantitative estimate of drug-likeness (QED) is 0.886. The van der Waals surface area contributed by atoms with Crippen molar-refractivity contribution in [1.29, 1.82) is 0 Å². The number of halogens is 1. The summed E-state index contributed by atoms with van der Waals surface area (Å²) in [5.74, 6) is -0.553. The third-order valence-electron chi connectivity index (χ3n) is 3.58. The summed E-state index contributed by atoms with van der Waals surface area (Å²) in [5, 5.41) is 10.1. The van der Waals surface area contributed by atoms with E-state index in [9.17, 15) is 17.9 Å². The summed E-state index contributed by atoms with van der Waals surface area (Å²) in [6.45, 7) is 1.55. The van der Waals surface area contributed by atoms with Crippen molar-refractivity contribution in [2.24, 2.45) is 0 Å². The lowest BCUT2D eigenvalue weighted by Crippen LogP contribution is -2.40. The predicted molar refractivity (Wildman–Crippen MR) is 69.7 cm³/mol. The zero-order valence-corrected chi connectivity index (χ0v) is 11.6. The van der Waals surface area contributed by atoms with Crippen LogP contribution in [-0.2, 0) is 10.0 Å². The van der Waals surface area contributed by atoms with E-state index in [-0.39, 0.29) is 11.4 Å². The van der Waals surface area contributed by atoms with E-state index in [1.165, 1.54) is 12.1 Å². The first-order valence-electron chi connectivity index (χ1n) is 6.31. The minimum atomic E-state index is -3.78. The Hall–Kier alpha value is -0.980. The van der Waals surface area contributed by atoms with Crippen molar-refractivity contribution in [3.63, 3.8) is 0 Å². The highest BCUT2D eigenvalue weighted by atomic mass is 32.2. The largest absolute Gasteiger partial charge is 0.389 e. The fraction of sp³-hybridized carbons (Fsp3) is 0.538. The minimum Gasteiger partial charge on any atom is -0.389 e. The Labute approximate surface area is 112 Å². The third-order valence-corrected chi connectivity index (χ3v) is 4.98. The number of aryl methyl sites for hydroxylation is 1. The van der Waals surface area contributed by atoms with Gasteiger partial charge in [0.1, 0.15) is 5.82 Å². The number of rotatable bonds is 4. The van der Waals surface area contributed by atoms with Gasteiger partial charge in [-0.05, 0) is 37.5 Å². The van der Waals surface area contributed by atoms with Crippen LogP contribution in [0.3, 0.4) is 0 Å². The molecule has 0 unspecified atom stereocenters. The van der Waals surface area contributed by atoms with Gasteiger partial charge in [0.25, 0.3) is 0 Å². The summed E-state index contributed by atoms with van der Waals surface area (Å²) in [6, 6.07) is 3.78.